The number of aromatic hydroxyl groups is 2. The van der Waals surface area contributed by atoms with Gasteiger partial charge in [-0.05, 0) is 71.6 Å². The van der Waals surface area contributed by atoms with Gasteiger partial charge in [0.1, 0.15) is 11.5 Å². The molecule has 2 N–H and O–H groups in total. The number of hydrogen-bond donors (Lipinski definition) is 2. The average molecular weight is 453 g/mol. The monoisotopic (exact) mass is 452 g/mol. The van der Waals surface area contributed by atoms with E-state index >= 15 is 0 Å². The number of hydrogen-bond acceptors (Lipinski definition) is 2. The van der Waals surface area contributed by atoms with Crippen LogP contribution in [0, 0.1) is 0 Å². The van der Waals surface area contributed by atoms with Crippen molar-refractivity contribution in [2.75, 3.05) is 0 Å². The highest BCUT2D eigenvalue weighted by Gasteiger charge is 2.27. The summed E-state index contributed by atoms with van der Waals surface area (Å²) in [5.74, 6) is 0.800. The minimum absolute atomic E-state index is 0.0958. The number of rotatable bonds is 12. The van der Waals surface area contributed by atoms with Crippen LogP contribution in [-0.2, 0) is 30.1 Å². The molecule has 2 heteroatoms. The van der Waals surface area contributed by atoms with Gasteiger partial charge < -0.3 is 10.2 Å². The molecule has 0 amide bonds. The van der Waals surface area contributed by atoms with E-state index in [1.54, 1.807) is 0 Å². The van der Waals surface area contributed by atoms with Gasteiger partial charge in [-0.15, -0.1) is 0 Å². The molecule has 33 heavy (non-hydrogen) atoms. The minimum atomic E-state index is -0.0958. The maximum absolute atomic E-state index is 11.4. The number of phenols is 2. The number of unbranched alkanes of at least 4 members (excludes halogenated alkanes) is 2. The molecular formula is C31H48O2. The van der Waals surface area contributed by atoms with Gasteiger partial charge in [-0.1, -0.05) is 92.5 Å². The highest BCUT2D eigenvalue weighted by atomic mass is 16.3. The van der Waals surface area contributed by atoms with Crippen LogP contribution in [0.4, 0.5) is 0 Å². The maximum Gasteiger partial charge on any atom is 0.122 e. The molecule has 0 aliphatic rings. The largest absolute Gasteiger partial charge is 0.507 e. The second kappa shape index (κ2) is 11.4. The Bertz CT molecular complexity index is 846. The summed E-state index contributed by atoms with van der Waals surface area (Å²) in [7, 11) is 0. The van der Waals surface area contributed by atoms with Gasteiger partial charge in [0, 0.05) is 17.5 Å². The highest BCUT2D eigenvalue weighted by molar-refractivity contribution is 5.53. The van der Waals surface area contributed by atoms with Crippen LogP contribution in [0.1, 0.15) is 127 Å². The summed E-state index contributed by atoms with van der Waals surface area (Å²) < 4.78 is 0. The minimum Gasteiger partial charge on any atom is -0.507 e. The molecule has 0 aromatic heterocycles. The molecule has 0 atom stereocenters. The predicted octanol–water partition coefficient (Wildman–Crippen LogP) is 8.75. The predicted molar refractivity (Wildman–Crippen MR) is 143 cm³/mol. The Kier molecular flexibility index (Phi) is 9.47. The highest BCUT2D eigenvalue weighted by Crippen LogP contribution is 2.41. The molecule has 0 bridgehead atoms. The summed E-state index contributed by atoms with van der Waals surface area (Å²) in [5.41, 5.74) is 6.32. The Morgan fingerprint density at radius 1 is 0.606 bits per heavy atom. The SMILES string of the molecule is CCCCc1cc(Cc2cc(CCCC)cc(C(C)(C)CC)c2O)c(O)c(C(C)(C)CC)c1. The van der Waals surface area contributed by atoms with Crippen LogP contribution in [0.2, 0.25) is 0 Å². The number of benzene rings is 2. The Morgan fingerprint density at radius 2 is 0.970 bits per heavy atom. The van der Waals surface area contributed by atoms with E-state index in [9.17, 15) is 10.2 Å². The van der Waals surface area contributed by atoms with Crippen LogP contribution >= 0.6 is 0 Å². The van der Waals surface area contributed by atoms with E-state index in [1.807, 2.05) is 0 Å². The van der Waals surface area contributed by atoms with E-state index in [2.05, 4.69) is 79.7 Å². The average Bonchev–Trinajstić information content (AvgIpc) is 2.79. The zero-order valence-electron chi connectivity index (χ0n) is 22.6. The molecule has 0 saturated carbocycles. The van der Waals surface area contributed by atoms with Crippen molar-refractivity contribution in [2.45, 2.75) is 124 Å². The van der Waals surface area contributed by atoms with Crippen molar-refractivity contribution >= 4 is 0 Å². The van der Waals surface area contributed by atoms with Crippen molar-refractivity contribution in [3.05, 3.63) is 57.6 Å². The fraction of sp³-hybridized carbons (Fsp3) is 0.613. The molecule has 0 aliphatic carbocycles. The molecular weight excluding hydrogens is 404 g/mol. The second-order valence-electron chi connectivity index (χ2n) is 11.2. The van der Waals surface area contributed by atoms with Crippen LogP contribution in [0.3, 0.4) is 0 Å². The maximum atomic E-state index is 11.4. The fourth-order valence-corrected chi connectivity index (χ4v) is 4.46. The van der Waals surface area contributed by atoms with Crippen LogP contribution in [0.25, 0.3) is 0 Å². The molecule has 2 nitrogen and oxygen atoms in total. The molecule has 0 aliphatic heterocycles. The molecule has 2 aromatic carbocycles. The molecule has 2 aromatic rings. The third-order valence-electron chi connectivity index (χ3n) is 7.74. The van der Waals surface area contributed by atoms with E-state index in [0.29, 0.717) is 17.9 Å². The third kappa shape index (κ3) is 6.55. The molecule has 0 radical (unpaired) electrons. The quantitative estimate of drug-likeness (QED) is 0.338. The molecule has 0 saturated heterocycles. The lowest BCUT2D eigenvalue weighted by atomic mass is 9.77. The second-order valence-corrected chi connectivity index (χ2v) is 11.2. The molecule has 0 unspecified atom stereocenters. The van der Waals surface area contributed by atoms with E-state index in [4.69, 9.17) is 0 Å². The van der Waals surface area contributed by atoms with Gasteiger partial charge in [0.2, 0.25) is 0 Å². The van der Waals surface area contributed by atoms with Gasteiger partial charge >= 0.3 is 0 Å². The third-order valence-corrected chi connectivity index (χ3v) is 7.74. The number of aryl methyl sites for hydroxylation is 2. The topological polar surface area (TPSA) is 40.5 Å². The van der Waals surface area contributed by atoms with Gasteiger partial charge in [0.25, 0.3) is 0 Å². The molecule has 2 rings (SSSR count). The van der Waals surface area contributed by atoms with Crippen molar-refractivity contribution in [2.24, 2.45) is 0 Å². The van der Waals surface area contributed by atoms with Crippen molar-refractivity contribution in [1.29, 1.82) is 0 Å². The Hall–Kier alpha value is -1.96. The summed E-state index contributed by atoms with van der Waals surface area (Å²) in [6.45, 7) is 17.6. The van der Waals surface area contributed by atoms with Crippen molar-refractivity contribution in [3.8, 4) is 11.5 Å². The van der Waals surface area contributed by atoms with Gasteiger partial charge in [0.15, 0.2) is 0 Å². The first kappa shape index (κ1) is 27.3. The van der Waals surface area contributed by atoms with Gasteiger partial charge in [-0.2, -0.15) is 0 Å². The summed E-state index contributed by atoms with van der Waals surface area (Å²) in [6, 6.07) is 8.76. The van der Waals surface area contributed by atoms with Crippen LogP contribution < -0.4 is 0 Å². The lowest BCUT2D eigenvalue weighted by Gasteiger charge is -2.28. The van der Waals surface area contributed by atoms with E-state index < -0.39 is 0 Å². The Balaban J connectivity index is 2.64. The summed E-state index contributed by atoms with van der Waals surface area (Å²) in [4.78, 5) is 0. The molecule has 0 fully saturated rings. The van der Waals surface area contributed by atoms with E-state index in [1.165, 1.54) is 11.1 Å². The zero-order valence-corrected chi connectivity index (χ0v) is 22.6. The molecule has 184 valence electrons. The number of phenolic OH excluding ortho intramolecular Hbond substituents is 2. The Labute approximate surface area is 203 Å². The van der Waals surface area contributed by atoms with Gasteiger partial charge in [-0.25, -0.2) is 0 Å². The summed E-state index contributed by atoms with van der Waals surface area (Å²) in [6.07, 6.45) is 9.10. The molecule has 0 heterocycles. The normalized spacial score (nSPS) is 12.4. The first-order chi connectivity index (χ1) is 15.5. The molecule has 0 spiro atoms. The van der Waals surface area contributed by atoms with Crippen LogP contribution in [0.15, 0.2) is 24.3 Å². The van der Waals surface area contributed by atoms with Gasteiger partial charge in [-0.3, -0.25) is 0 Å². The summed E-state index contributed by atoms with van der Waals surface area (Å²) >= 11 is 0. The van der Waals surface area contributed by atoms with Crippen molar-refractivity contribution in [1.82, 2.24) is 0 Å². The fourth-order valence-electron chi connectivity index (χ4n) is 4.46. The lowest BCUT2D eigenvalue weighted by molar-refractivity contribution is 0.419. The summed E-state index contributed by atoms with van der Waals surface area (Å²) in [5, 5.41) is 22.7. The zero-order chi connectivity index (χ0) is 24.8. The Morgan fingerprint density at radius 3 is 1.27 bits per heavy atom. The van der Waals surface area contributed by atoms with Crippen LogP contribution in [-0.4, -0.2) is 10.2 Å². The van der Waals surface area contributed by atoms with Crippen molar-refractivity contribution in [3.63, 3.8) is 0 Å². The van der Waals surface area contributed by atoms with E-state index in [0.717, 1.165) is 73.6 Å². The standard InChI is InChI=1S/C31H48O2/c1-9-13-15-22-17-24(28(32)26(19-22)30(5,6)11-3)21-25-18-23(16-14-10-2)20-27(29(25)33)31(7,8)12-4/h17-20,32-33H,9-16,21H2,1-8H3. The van der Waals surface area contributed by atoms with E-state index in [-0.39, 0.29) is 10.8 Å². The first-order valence-corrected chi connectivity index (χ1v) is 13.2. The van der Waals surface area contributed by atoms with Crippen LogP contribution in [0.5, 0.6) is 11.5 Å². The lowest BCUT2D eigenvalue weighted by Crippen LogP contribution is -2.18. The van der Waals surface area contributed by atoms with Gasteiger partial charge in [0.05, 0.1) is 0 Å². The smallest absolute Gasteiger partial charge is 0.122 e. The first-order valence-electron chi connectivity index (χ1n) is 13.2. The van der Waals surface area contributed by atoms with Crippen molar-refractivity contribution < 1.29 is 10.2 Å².